The van der Waals surface area contributed by atoms with E-state index in [0.717, 1.165) is 29.3 Å². The van der Waals surface area contributed by atoms with Crippen molar-refractivity contribution in [2.24, 2.45) is 0 Å². The summed E-state index contributed by atoms with van der Waals surface area (Å²) in [4.78, 5) is 23.9. The highest BCUT2D eigenvalue weighted by Gasteiger charge is 2.26. The van der Waals surface area contributed by atoms with Gasteiger partial charge in [-0.25, -0.2) is 0 Å². The summed E-state index contributed by atoms with van der Waals surface area (Å²) in [6.07, 6.45) is 5.83. The Morgan fingerprint density at radius 3 is 2.54 bits per heavy atom. The van der Waals surface area contributed by atoms with Crippen LogP contribution < -0.4 is 10.1 Å². The Kier molecular flexibility index (Phi) is 4.69. The zero-order valence-electron chi connectivity index (χ0n) is 15.8. The lowest BCUT2D eigenvalue weighted by Gasteiger charge is -2.10. The summed E-state index contributed by atoms with van der Waals surface area (Å²) < 4.78 is 5.58. The van der Waals surface area contributed by atoms with Crippen LogP contribution in [0.5, 0.6) is 5.75 Å². The Labute approximate surface area is 162 Å². The highest BCUT2D eigenvalue weighted by molar-refractivity contribution is 6.05. The molecule has 0 aliphatic heterocycles. The van der Waals surface area contributed by atoms with E-state index in [1.807, 2.05) is 30.4 Å². The summed E-state index contributed by atoms with van der Waals surface area (Å²) in [5, 5.41) is 11.1. The molecule has 142 valence electrons. The number of amides is 1. The maximum atomic E-state index is 12.6. The van der Waals surface area contributed by atoms with Crippen molar-refractivity contribution >= 4 is 34.7 Å². The summed E-state index contributed by atoms with van der Waals surface area (Å²) in [6, 6.07) is 11.2. The number of carbonyl (C=O) groups is 2. The second-order valence-electron chi connectivity index (χ2n) is 6.94. The number of benzene rings is 2. The van der Waals surface area contributed by atoms with Crippen molar-refractivity contribution in [3.8, 4) is 5.75 Å². The van der Waals surface area contributed by atoms with E-state index in [-0.39, 0.29) is 17.7 Å². The van der Waals surface area contributed by atoms with Crippen molar-refractivity contribution in [1.82, 2.24) is 15.5 Å². The van der Waals surface area contributed by atoms with Gasteiger partial charge in [0.15, 0.2) is 5.78 Å². The topological polar surface area (TPSA) is 84.1 Å². The maximum absolute atomic E-state index is 12.6. The van der Waals surface area contributed by atoms with Gasteiger partial charge >= 0.3 is 0 Å². The number of hydrogen-bond acceptors (Lipinski definition) is 4. The van der Waals surface area contributed by atoms with Crippen molar-refractivity contribution in [2.75, 3.05) is 7.11 Å². The molecule has 0 bridgehead atoms. The minimum atomic E-state index is -0.128. The second kappa shape index (κ2) is 7.31. The van der Waals surface area contributed by atoms with E-state index in [0.29, 0.717) is 22.6 Å². The highest BCUT2D eigenvalue weighted by atomic mass is 16.5. The SMILES string of the molecule is COc1c(C(=O)NC2CC2)ccc2[nH]nc(/C=C/c3ccc(C(C)=O)cc3)c12. The first-order chi connectivity index (χ1) is 13.6. The summed E-state index contributed by atoms with van der Waals surface area (Å²) in [5.74, 6) is 0.420. The third kappa shape index (κ3) is 3.53. The highest BCUT2D eigenvalue weighted by Crippen LogP contribution is 2.33. The van der Waals surface area contributed by atoms with Crippen LogP contribution in [-0.4, -0.2) is 35.0 Å². The molecule has 1 saturated carbocycles. The van der Waals surface area contributed by atoms with Crippen LogP contribution in [0.1, 0.15) is 51.7 Å². The molecule has 2 N–H and O–H groups in total. The van der Waals surface area contributed by atoms with Crippen molar-refractivity contribution in [3.05, 3.63) is 58.8 Å². The first-order valence-corrected chi connectivity index (χ1v) is 9.22. The predicted octanol–water partition coefficient (Wildman–Crippen LogP) is 3.84. The van der Waals surface area contributed by atoms with Crippen LogP contribution in [0.2, 0.25) is 0 Å². The maximum Gasteiger partial charge on any atom is 0.255 e. The van der Waals surface area contributed by atoms with Gasteiger partial charge in [-0.15, -0.1) is 0 Å². The zero-order valence-corrected chi connectivity index (χ0v) is 15.8. The Bertz CT molecular complexity index is 1080. The van der Waals surface area contributed by atoms with E-state index < -0.39 is 0 Å². The molecule has 0 spiro atoms. The molecule has 0 unspecified atom stereocenters. The Balaban J connectivity index is 1.68. The van der Waals surface area contributed by atoms with Crippen LogP contribution in [0.3, 0.4) is 0 Å². The van der Waals surface area contributed by atoms with Crippen LogP contribution >= 0.6 is 0 Å². The number of Topliss-reactive ketones (excluding diaryl/α,β-unsaturated/α-hetero) is 1. The fraction of sp³-hybridized carbons (Fsp3) is 0.227. The molecule has 1 amide bonds. The van der Waals surface area contributed by atoms with Gasteiger partial charge in [-0.1, -0.05) is 30.3 Å². The fourth-order valence-electron chi connectivity index (χ4n) is 3.11. The fourth-order valence-corrected chi connectivity index (χ4v) is 3.11. The number of ketones is 1. The van der Waals surface area contributed by atoms with Crippen LogP contribution in [0.4, 0.5) is 0 Å². The number of ether oxygens (including phenoxy) is 1. The molecular weight excluding hydrogens is 354 g/mol. The average molecular weight is 375 g/mol. The molecule has 3 aromatic rings. The third-order valence-electron chi connectivity index (χ3n) is 4.82. The predicted molar refractivity (Wildman–Crippen MR) is 109 cm³/mol. The van der Waals surface area contributed by atoms with Gasteiger partial charge in [0, 0.05) is 11.6 Å². The zero-order chi connectivity index (χ0) is 19.7. The molecule has 0 atom stereocenters. The van der Waals surface area contributed by atoms with Gasteiger partial charge in [0.25, 0.3) is 5.91 Å². The van der Waals surface area contributed by atoms with Crippen LogP contribution in [0.15, 0.2) is 36.4 Å². The number of aromatic amines is 1. The summed E-state index contributed by atoms with van der Waals surface area (Å²) in [6.45, 7) is 1.55. The number of nitrogens with one attached hydrogen (secondary N) is 2. The largest absolute Gasteiger partial charge is 0.495 e. The third-order valence-corrected chi connectivity index (χ3v) is 4.82. The Morgan fingerprint density at radius 2 is 1.89 bits per heavy atom. The normalized spacial score (nSPS) is 13.8. The van der Waals surface area contributed by atoms with Gasteiger partial charge in [0.2, 0.25) is 0 Å². The van der Waals surface area contributed by atoms with E-state index in [1.165, 1.54) is 0 Å². The Hall–Kier alpha value is -3.41. The molecule has 6 heteroatoms. The standard InChI is InChI=1S/C22H21N3O3/c1-13(26)15-6-3-14(4-7-15)5-11-18-20-19(25-24-18)12-10-17(21(20)28-2)22(27)23-16-8-9-16/h3-7,10-12,16H,8-9H2,1-2H3,(H,23,27)(H,24,25)/b11-5+. The van der Waals surface area contributed by atoms with Crippen molar-refractivity contribution in [2.45, 2.75) is 25.8 Å². The molecule has 2 aromatic carbocycles. The lowest BCUT2D eigenvalue weighted by Crippen LogP contribution is -2.25. The second-order valence-corrected chi connectivity index (χ2v) is 6.94. The van der Waals surface area contributed by atoms with E-state index in [9.17, 15) is 9.59 Å². The van der Waals surface area contributed by atoms with Gasteiger partial charge in [-0.05, 0) is 43.5 Å². The van der Waals surface area contributed by atoms with Crippen molar-refractivity contribution in [3.63, 3.8) is 0 Å². The first kappa shape index (κ1) is 18.0. The molecule has 28 heavy (non-hydrogen) atoms. The van der Waals surface area contributed by atoms with Gasteiger partial charge < -0.3 is 10.1 Å². The number of hydrogen-bond donors (Lipinski definition) is 2. The van der Waals surface area contributed by atoms with Crippen molar-refractivity contribution in [1.29, 1.82) is 0 Å². The van der Waals surface area contributed by atoms with Gasteiger partial charge in [0.1, 0.15) is 5.75 Å². The summed E-state index contributed by atoms with van der Waals surface area (Å²) in [5.41, 5.74) is 3.61. The van der Waals surface area contributed by atoms with Gasteiger partial charge in [-0.2, -0.15) is 5.10 Å². The molecule has 1 aliphatic rings. The van der Waals surface area contributed by atoms with Crippen LogP contribution in [0.25, 0.3) is 23.1 Å². The first-order valence-electron chi connectivity index (χ1n) is 9.22. The quantitative estimate of drug-likeness (QED) is 0.641. The molecule has 1 heterocycles. The number of carbonyl (C=O) groups excluding carboxylic acids is 2. The van der Waals surface area contributed by atoms with E-state index in [4.69, 9.17) is 4.74 Å². The molecule has 0 saturated heterocycles. The molecule has 1 aromatic heterocycles. The number of fused-ring (bicyclic) bond motifs is 1. The van der Waals surface area contributed by atoms with Crippen LogP contribution in [0, 0.1) is 0 Å². The molecule has 4 rings (SSSR count). The molecule has 6 nitrogen and oxygen atoms in total. The smallest absolute Gasteiger partial charge is 0.255 e. The monoisotopic (exact) mass is 375 g/mol. The minimum Gasteiger partial charge on any atom is -0.495 e. The average Bonchev–Trinajstić information content (AvgIpc) is 3.42. The van der Waals surface area contributed by atoms with Crippen molar-refractivity contribution < 1.29 is 14.3 Å². The molecule has 0 radical (unpaired) electrons. The number of rotatable bonds is 6. The van der Waals surface area contributed by atoms with E-state index >= 15 is 0 Å². The molecule has 1 fully saturated rings. The van der Waals surface area contributed by atoms with E-state index in [1.54, 1.807) is 32.2 Å². The van der Waals surface area contributed by atoms with E-state index in [2.05, 4.69) is 15.5 Å². The number of H-pyrrole nitrogens is 1. The number of methoxy groups -OCH3 is 1. The van der Waals surface area contributed by atoms with Gasteiger partial charge in [-0.3, -0.25) is 14.7 Å². The summed E-state index contributed by atoms with van der Waals surface area (Å²) in [7, 11) is 1.56. The Morgan fingerprint density at radius 1 is 1.14 bits per heavy atom. The number of nitrogens with zero attached hydrogens (tertiary/aromatic N) is 1. The lowest BCUT2D eigenvalue weighted by atomic mass is 10.1. The minimum absolute atomic E-state index is 0.0376. The molecular formula is C22H21N3O3. The lowest BCUT2D eigenvalue weighted by molar-refractivity contribution is 0.0947. The van der Waals surface area contributed by atoms with Gasteiger partial charge in [0.05, 0.1) is 29.3 Å². The summed E-state index contributed by atoms with van der Waals surface area (Å²) >= 11 is 0. The molecule has 1 aliphatic carbocycles. The van der Waals surface area contributed by atoms with Crippen LogP contribution in [-0.2, 0) is 0 Å². The number of aromatic nitrogens is 2.